The maximum Gasteiger partial charge on any atom is 0.0273 e. The van der Waals surface area contributed by atoms with Crippen molar-refractivity contribution in [3.05, 3.63) is 36.5 Å². The molecule has 0 aliphatic carbocycles. The van der Waals surface area contributed by atoms with E-state index in [1.54, 1.807) is 0 Å². The van der Waals surface area contributed by atoms with Gasteiger partial charge in [0.25, 0.3) is 0 Å². The fourth-order valence-electron chi connectivity index (χ4n) is 1.11. The summed E-state index contributed by atoms with van der Waals surface area (Å²) in [6.07, 6.45) is 11.2. The molecule has 1 heterocycles. The van der Waals surface area contributed by atoms with E-state index in [4.69, 9.17) is 0 Å². The van der Waals surface area contributed by atoms with Gasteiger partial charge in [-0.1, -0.05) is 0 Å². The molecule has 0 N–H and O–H groups in total. The topological polar surface area (TPSA) is 25.2 Å². The third kappa shape index (κ3) is 4.41. The number of aromatic nitrogens is 1. The van der Waals surface area contributed by atoms with Gasteiger partial charge in [-0.05, 0) is 49.6 Å². The van der Waals surface area contributed by atoms with Gasteiger partial charge < -0.3 is 4.99 Å². The van der Waals surface area contributed by atoms with Crippen LogP contribution in [0.5, 0.6) is 0 Å². The SMILES string of the molecule is CN=CCCC[CH]c1ccncc1. The zero-order chi connectivity index (χ0) is 9.36. The summed E-state index contributed by atoms with van der Waals surface area (Å²) in [5.41, 5.74) is 1.25. The van der Waals surface area contributed by atoms with E-state index in [1.807, 2.05) is 37.8 Å². The third-order valence-electron chi connectivity index (χ3n) is 1.81. The van der Waals surface area contributed by atoms with E-state index in [2.05, 4.69) is 16.4 Å². The minimum atomic E-state index is 1.07. The summed E-state index contributed by atoms with van der Waals surface area (Å²) < 4.78 is 0. The standard InChI is InChI=1S/C11H15N2/c1-12-8-4-2-3-5-11-6-9-13-10-7-11/h5-10H,2-4H2,1H3. The fourth-order valence-corrected chi connectivity index (χ4v) is 1.11. The first-order chi connectivity index (χ1) is 6.43. The van der Waals surface area contributed by atoms with E-state index < -0.39 is 0 Å². The molecule has 0 amide bonds. The van der Waals surface area contributed by atoms with Crippen molar-refractivity contribution in [2.24, 2.45) is 4.99 Å². The Hall–Kier alpha value is -1.18. The van der Waals surface area contributed by atoms with Crippen LogP contribution in [0.1, 0.15) is 24.8 Å². The molecule has 0 aliphatic rings. The van der Waals surface area contributed by atoms with Crippen LogP contribution in [0.3, 0.4) is 0 Å². The van der Waals surface area contributed by atoms with Crippen molar-refractivity contribution < 1.29 is 0 Å². The van der Waals surface area contributed by atoms with Crippen LogP contribution >= 0.6 is 0 Å². The van der Waals surface area contributed by atoms with Crippen LogP contribution in [-0.2, 0) is 0 Å². The second-order valence-electron chi connectivity index (χ2n) is 2.86. The van der Waals surface area contributed by atoms with Gasteiger partial charge in [-0.15, -0.1) is 0 Å². The average molecular weight is 175 g/mol. The number of rotatable bonds is 5. The van der Waals surface area contributed by atoms with E-state index in [-0.39, 0.29) is 0 Å². The van der Waals surface area contributed by atoms with Gasteiger partial charge in [-0.25, -0.2) is 0 Å². The summed E-state index contributed by atoms with van der Waals surface area (Å²) in [5.74, 6) is 0. The minimum absolute atomic E-state index is 1.07. The first-order valence-corrected chi connectivity index (χ1v) is 4.57. The van der Waals surface area contributed by atoms with Crippen LogP contribution in [-0.4, -0.2) is 18.2 Å². The predicted octanol–water partition coefficient (Wildman–Crippen LogP) is 2.50. The molecule has 0 saturated carbocycles. The molecule has 69 valence electrons. The highest BCUT2D eigenvalue weighted by Crippen LogP contribution is 2.06. The fraction of sp³-hybridized carbons (Fsp3) is 0.364. The molecule has 0 aromatic carbocycles. The Morgan fingerprint density at radius 1 is 1.31 bits per heavy atom. The number of hydrogen-bond acceptors (Lipinski definition) is 2. The molecule has 0 bridgehead atoms. The Balaban J connectivity index is 2.13. The lowest BCUT2D eigenvalue weighted by Gasteiger charge is -1.97. The molecular weight excluding hydrogens is 160 g/mol. The monoisotopic (exact) mass is 175 g/mol. The zero-order valence-electron chi connectivity index (χ0n) is 7.98. The number of pyridine rings is 1. The first-order valence-electron chi connectivity index (χ1n) is 4.57. The van der Waals surface area contributed by atoms with Gasteiger partial charge in [0, 0.05) is 19.4 Å². The smallest absolute Gasteiger partial charge is 0.0273 e. The number of aliphatic imine (C=N–C) groups is 1. The molecule has 1 aromatic rings. The zero-order valence-corrected chi connectivity index (χ0v) is 7.98. The summed E-state index contributed by atoms with van der Waals surface area (Å²) in [7, 11) is 1.81. The van der Waals surface area contributed by atoms with E-state index in [0.717, 1.165) is 12.8 Å². The Morgan fingerprint density at radius 3 is 2.77 bits per heavy atom. The van der Waals surface area contributed by atoms with Crippen molar-refractivity contribution in [1.82, 2.24) is 4.98 Å². The van der Waals surface area contributed by atoms with E-state index in [9.17, 15) is 0 Å². The molecule has 0 unspecified atom stereocenters. The van der Waals surface area contributed by atoms with E-state index in [0.29, 0.717) is 0 Å². The van der Waals surface area contributed by atoms with Crippen LogP contribution in [0, 0.1) is 6.42 Å². The Labute approximate surface area is 79.7 Å². The van der Waals surface area contributed by atoms with E-state index in [1.165, 1.54) is 12.0 Å². The van der Waals surface area contributed by atoms with Gasteiger partial charge in [0.1, 0.15) is 0 Å². The highest BCUT2D eigenvalue weighted by atomic mass is 14.6. The van der Waals surface area contributed by atoms with Crippen molar-refractivity contribution >= 4 is 6.21 Å². The summed E-state index contributed by atoms with van der Waals surface area (Å²) in [4.78, 5) is 7.89. The average Bonchev–Trinajstić information content (AvgIpc) is 2.19. The Kier molecular flexibility index (Phi) is 4.84. The van der Waals surface area contributed by atoms with Crippen molar-refractivity contribution in [1.29, 1.82) is 0 Å². The van der Waals surface area contributed by atoms with Gasteiger partial charge in [0.05, 0.1) is 0 Å². The van der Waals surface area contributed by atoms with E-state index >= 15 is 0 Å². The van der Waals surface area contributed by atoms with Crippen LogP contribution < -0.4 is 0 Å². The van der Waals surface area contributed by atoms with Crippen molar-refractivity contribution in [2.75, 3.05) is 7.05 Å². The summed E-state index contributed by atoms with van der Waals surface area (Å²) >= 11 is 0. The van der Waals surface area contributed by atoms with Crippen LogP contribution in [0.4, 0.5) is 0 Å². The van der Waals surface area contributed by atoms with Gasteiger partial charge in [0.15, 0.2) is 0 Å². The Bertz CT molecular complexity index is 242. The molecular formula is C11H15N2. The molecule has 13 heavy (non-hydrogen) atoms. The molecule has 2 nitrogen and oxygen atoms in total. The molecule has 0 fully saturated rings. The normalized spacial score (nSPS) is 10.8. The second-order valence-corrected chi connectivity index (χ2v) is 2.86. The molecule has 0 saturated heterocycles. The first kappa shape index (κ1) is 9.90. The molecule has 0 atom stereocenters. The van der Waals surface area contributed by atoms with Crippen LogP contribution in [0.15, 0.2) is 29.5 Å². The van der Waals surface area contributed by atoms with Crippen LogP contribution in [0.25, 0.3) is 0 Å². The van der Waals surface area contributed by atoms with Gasteiger partial charge in [-0.3, -0.25) is 4.98 Å². The predicted molar refractivity (Wildman–Crippen MR) is 55.9 cm³/mol. The number of nitrogens with zero attached hydrogens (tertiary/aromatic N) is 2. The molecule has 1 radical (unpaired) electrons. The molecule has 1 rings (SSSR count). The van der Waals surface area contributed by atoms with Gasteiger partial charge in [0.2, 0.25) is 0 Å². The highest BCUT2D eigenvalue weighted by molar-refractivity contribution is 5.56. The highest BCUT2D eigenvalue weighted by Gasteiger charge is 1.91. The largest absolute Gasteiger partial charge is 0.301 e. The molecule has 0 aliphatic heterocycles. The van der Waals surface area contributed by atoms with Crippen molar-refractivity contribution in [2.45, 2.75) is 19.3 Å². The maximum atomic E-state index is 3.96. The third-order valence-corrected chi connectivity index (χ3v) is 1.81. The lowest BCUT2D eigenvalue weighted by molar-refractivity contribution is 0.866. The molecule has 1 aromatic heterocycles. The number of unbranched alkanes of at least 4 members (excludes halogenated alkanes) is 2. The lowest BCUT2D eigenvalue weighted by atomic mass is 10.1. The summed E-state index contributed by atoms with van der Waals surface area (Å²) in [6, 6.07) is 4.04. The van der Waals surface area contributed by atoms with Gasteiger partial charge in [-0.2, -0.15) is 0 Å². The minimum Gasteiger partial charge on any atom is -0.301 e. The maximum absolute atomic E-state index is 3.96. The van der Waals surface area contributed by atoms with Crippen molar-refractivity contribution in [3.8, 4) is 0 Å². The lowest BCUT2D eigenvalue weighted by Crippen LogP contribution is -1.83. The summed E-state index contributed by atoms with van der Waals surface area (Å²) in [6.45, 7) is 0. The molecule has 0 spiro atoms. The number of hydrogen-bond donors (Lipinski definition) is 0. The van der Waals surface area contributed by atoms with Crippen molar-refractivity contribution in [3.63, 3.8) is 0 Å². The quantitative estimate of drug-likeness (QED) is 0.498. The molecule has 2 heteroatoms. The summed E-state index contributed by atoms with van der Waals surface area (Å²) in [5, 5.41) is 0. The van der Waals surface area contributed by atoms with Gasteiger partial charge >= 0.3 is 0 Å². The van der Waals surface area contributed by atoms with Crippen LogP contribution in [0.2, 0.25) is 0 Å². The Morgan fingerprint density at radius 2 is 2.08 bits per heavy atom. The second kappa shape index (κ2) is 6.35.